The van der Waals surface area contributed by atoms with Crippen molar-refractivity contribution in [2.24, 2.45) is 12.0 Å². The van der Waals surface area contributed by atoms with Gasteiger partial charge in [0.2, 0.25) is 0 Å². The standard InChI is InChI=1S/C20H30FN5S.HI/c1-14(13-19-15(2)25-26(5)16(19)3)24-20(22-4)23-11-6-12-27-18-9-7-17(21)8-10-18;/h7-10,14H,6,11-13H2,1-5H3,(H2,22,23,24);1H. The maximum atomic E-state index is 12.9. The zero-order valence-corrected chi connectivity index (χ0v) is 20.4. The molecule has 0 spiro atoms. The van der Waals surface area contributed by atoms with E-state index in [4.69, 9.17) is 0 Å². The lowest BCUT2D eigenvalue weighted by molar-refractivity contribution is 0.626. The average molecular weight is 519 g/mol. The smallest absolute Gasteiger partial charge is 0.191 e. The van der Waals surface area contributed by atoms with Crippen LogP contribution in [0.1, 0.15) is 30.3 Å². The molecule has 1 aromatic heterocycles. The first-order valence-corrected chi connectivity index (χ1v) is 10.2. The molecule has 156 valence electrons. The van der Waals surface area contributed by atoms with Gasteiger partial charge in [0.1, 0.15) is 5.82 Å². The monoisotopic (exact) mass is 519 g/mol. The van der Waals surface area contributed by atoms with Crippen molar-refractivity contribution < 1.29 is 4.39 Å². The van der Waals surface area contributed by atoms with E-state index in [9.17, 15) is 4.39 Å². The summed E-state index contributed by atoms with van der Waals surface area (Å²) in [5, 5.41) is 11.3. The molecule has 1 unspecified atom stereocenters. The van der Waals surface area contributed by atoms with Crippen molar-refractivity contribution in [1.82, 2.24) is 20.4 Å². The number of rotatable bonds is 8. The fraction of sp³-hybridized carbons (Fsp3) is 0.500. The minimum absolute atomic E-state index is 0. The fourth-order valence-corrected chi connectivity index (χ4v) is 3.75. The van der Waals surface area contributed by atoms with Gasteiger partial charge in [0.25, 0.3) is 0 Å². The molecule has 0 aliphatic heterocycles. The van der Waals surface area contributed by atoms with Crippen LogP contribution in [0.5, 0.6) is 0 Å². The van der Waals surface area contributed by atoms with Crippen molar-refractivity contribution in [3.63, 3.8) is 0 Å². The zero-order chi connectivity index (χ0) is 19.8. The van der Waals surface area contributed by atoms with Crippen molar-refractivity contribution in [3.05, 3.63) is 47.0 Å². The minimum Gasteiger partial charge on any atom is -0.356 e. The summed E-state index contributed by atoms with van der Waals surface area (Å²) >= 11 is 1.73. The second-order valence-electron chi connectivity index (χ2n) is 6.68. The molecule has 1 aromatic carbocycles. The molecule has 0 aliphatic carbocycles. The van der Waals surface area contributed by atoms with Gasteiger partial charge in [-0.25, -0.2) is 4.39 Å². The van der Waals surface area contributed by atoms with Crippen molar-refractivity contribution in [2.75, 3.05) is 19.3 Å². The van der Waals surface area contributed by atoms with E-state index in [0.29, 0.717) is 0 Å². The van der Waals surface area contributed by atoms with E-state index in [1.165, 1.54) is 23.4 Å². The third-order valence-corrected chi connectivity index (χ3v) is 5.57. The predicted molar refractivity (Wildman–Crippen MR) is 128 cm³/mol. The topological polar surface area (TPSA) is 54.2 Å². The maximum absolute atomic E-state index is 12.9. The van der Waals surface area contributed by atoms with E-state index in [0.717, 1.165) is 41.7 Å². The van der Waals surface area contributed by atoms with Gasteiger partial charge in [0.15, 0.2) is 5.96 Å². The number of hydrogen-bond donors (Lipinski definition) is 2. The number of nitrogens with zero attached hydrogens (tertiary/aromatic N) is 3. The Morgan fingerprint density at radius 3 is 2.54 bits per heavy atom. The third kappa shape index (κ3) is 7.62. The minimum atomic E-state index is -0.193. The number of hydrogen-bond acceptors (Lipinski definition) is 3. The van der Waals surface area contributed by atoms with Crippen molar-refractivity contribution in [1.29, 1.82) is 0 Å². The summed E-state index contributed by atoms with van der Waals surface area (Å²) in [7, 11) is 3.77. The molecule has 0 saturated heterocycles. The van der Waals surface area contributed by atoms with Gasteiger partial charge in [-0.15, -0.1) is 35.7 Å². The van der Waals surface area contributed by atoms with Gasteiger partial charge in [-0.2, -0.15) is 5.10 Å². The second-order valence-corrected chi connectivity index (χ2v) is 7.85. The summed E-state index contributed by atoms with van der Waals surface area (Å²) in [5.41, 5.74) is 3.59. The van der Waals surface area contributed by atoms with Crippen LogP contribution in [-0.2, 0) is 13.5 Å². The SMILES string of the molecule is CN=C(NCCCSc1ccc(F)cc1)NC(C)Cc1c(C)nn(C)c1C.I. The fourth-order valence-electron chi connectivity index (χ4n) is 2.90. The molecule has 5 nitrogen and oxygen atoms in total. The van der Waals surface area contributed by atoms with Crippen molar-refractivity contribution >= 4 is 41.7 Å². The first-order valence-electron chi connectivity index (χ1n) is 9.25. The lowest BCUT2D eigenvalue weighted by Crippen LogP contribution is -2.43. The highest BCUT2D eigenvalue weighted by atomic mass is 127. The first kappa shape index (κ1) is 24.7. The number of aliphatic imine (C=N–C) groups is 1. The Balaban J connectivity index is 0.00000392. The van der Waals surface area contributed by atoms with Crippen molar-refractivity contribution in [3.8, 4) is 0 Å². The van der Waals surface area contributed by atoms with E-state index in [1.54, 1.807) is 18.8 Å². The van der Waals surface area contributed by atoms with Crippen LogP contribution in [0, 0.1) is 19.7 Å². The Morgan fingerprint density at radius 2 is 1.96 bits per heavy atom. The largest absolute Gasteiger partial charge is 0.356 e. The summed E-state index contributed by atoms with van der Waals surface area (Å²) < 4.78 is 14.8. The van der Waals surface area contributed by atoms with Crippen LogP contribution in [-0.4, -0.2) is 41.1 Å². The normalized spacial score (nSPS) is 12.4. The molecule has 0 aliphatic rings. The second kappa shape index (κ2) is 12.3. The summed E-state index contributed by atoms with van der Waals surface area (Å²) in [6.45, 7) is 7.16. The van der Waals surface area contributed by atoms with Crippen LogP contribution < -0.4 is 10.6 Å². The molecule has 1 heterocycles. The molecule has 1 atom stereocenters. The van der Waals surface area contributed by atoms with Gasteiger partial charge in [0, 0.05) is 37.3 Å². The zero-order valence-electron chi connectivity index (χ0n) is 17.3. The Hall–Kier alpha value is -1.29. The first-order chi connectivity index (χ1) is 12.9. The predicted octanol–water partition coefficient (Wildman–Crippen LogP) is 4.07. The summed E-state index contributed by atoms with van der Waals surface area (Å²) in [5.74, 6) is 1.59. The number of benzene rings is 1. The van der Waals surface area contributed by atoms with Gasteiger partial charge >= 0.3 is 0 Å². The summed E-state index contributed by atoms with van der Waals surface area (Å²) in [6, 6.07) is 6.89. The average Bonchev–Trinajstić information content (AvgIpc) is 2.88. The van der Waals surface area contributed by atoms with E-state index in [-0.39, 0.29) is 35.8 Å². The highest BCUT2D eigenvalue weighted by molar-refractivity contribution is 14.0. The van der Waals surface area contributed by atoms with Gasteiger partial charge in [-0.05, 0) is 69.2 Å². The molecule has 2 rings (SSSR count). The van der Waals surface area contributed by atoms with Crippen LogP contribution >= 0.6 is 35.7 Å². The molecule has 0 fully saturated rings. The Bertz CT molecular complexity index is 761. The van der Waals surface area contributed by atoms with Crippen LogP contribution in [0.4, 0.5) is 4.39 Å². The molecule has 2 aromatic rings. The highest BCUT2D eigenvalue weighted by Gasteiger charge is 2.13. The molecule has 0 amide bonds. The molecule has 2 N–H and O–H groups in total. The molecular weight excluding hydrogens is 488 g/mol. The lowest BCUT2D eigenvalue weighted by atomic mass is 10.1. The van der Waals surface area contributed by atoms with Crippen LogP contribution in [0.2, 0.25) is 0 Å². The number of aryl methyl sites for hydroxylation is 2. The number of aromatic nitrogens is 2. The van der Waals surface area contributed by atoms with Crippen LogP contribution in [0.25, 0.3) is 0 Å². The maximum Gasteiger partial charge on any atom is 0.191 e. The van der Waals surface area contributed by atoms with Crippen LogP contribution in [0.15, 0.2) is 34.2 Å². The number of halogens is 2. The van der Waals surface area contributed by atoms with E-state index >= 15 is 0 Å². The molecule has 0 radical (unpaired) electrons. The Morgan fingerprint density at radius 1 is 1.29 bits per heavy atom. The highest BCUT2D eigenvalue weighted by Crippen LogP contribution is 2.18. The van der Waals surface area contributed by atoms with Gasteiger partial charge in [0.05, 0.1) is 5.69 Å². The quantitative estimate of drug-likeness (QED) is 0.182. The molecule has 8 heteroatoms. The number of nitrogens with one attached hydrogen (secondary N) is 2. The summed E-state index contributed by atoms with van der Waals surface area (Å²) in [6.07, 6.45) is 1.91. The number of guanidine groups is 1. The van der Waals surface area contributed by atoms with E-state index in [1.807, 2.05) is 23.9 Å². The van der Waals surface area contributed by atoms with Gasteiger partial charge in [-0.3, -0.25) is 9.67 Å². The molecular formula is C20H31FIN5S. The van der Waals surface area contributed by atoms with Crippen molar-refractivity contribution in [2.45, 2.75) is 44.6 Å². The van der Waals surface area contributed by atoms with Gasteiger partial charge < -0.3 is 10.6 Å². The lowest BCUT2D eigenvalue weighted by Gasteiger charge is -2.18. The Labute approximate surface area is 189 Å². The van der Waals surface area contributed by atoms with Crippen LogP contribution in [0.3, 0.4) is 0 Å². The molecule has 0 bridgehead atoms. The third-order valence-electron chi connectivity index (χ3n) is 4.47. The number of thioether (sulfide) groups is 1. The molecule has 28 heavy (non-hydrogen) atoms. The van der Waals surface area contributed by atoms with E-state index in [2.05, 4.69) is 41.5 Å². The molecule has 0 saturated carbocycles. The summed E-state index contributed by atoms with van der Waals surface area (Å²) in [4.78, 5) is 5.40. The van der Waals surface area contributed by atoms with E-state index < -0.39 is 0 Å². The van der Waals surface area contributed by atoms with Gasteiger partial charge in [-0.1, -0.05) is 0 Å². The Kier molecular flexibility index (Phi) is 10.9.